The van der Waals surface area contributed by atoms with E-state index in [1.807, 2.05) is 0 Å². The molecule has 0 aromatic heterocycles. The lowest BCUT2D eigenvalue weighted by molar-refractivity contribution is 0.756. The Kier molecular flexibility index (Phi) is 2.74. The second-order valence-corrected chi connectivity index (χ2v) is 3.70. The van der Waals surface area contributed by atoms with Crippen LogP contribution >= 0.6 is 0 Å². The van der Waals surface area contributed by atoms with Gasteiger partial charge in [-0.25, -0.2) is 0 Å². The fourth-order valence-electron chi connectivity index (χ4n) is 1.75. The fourth-order valence-corrected chi connectivity index (χ4v) is 1.75. The number of benzene rings is 1. The minimum atomic E-state index is -0.362. The molecule has 0 amide bonds. The van der Waals surface area contributed by atoms with Crippen molar-refractivity contribution in [2.24, 2.45) is 11.5 Å². The highest BCUT2D eigenvalue weighted by atomic mass is 14.8. The zero-order valence-electron chi connectivity index (χ0n) is 8.81. The number of hydrogen-bond donors (Lipinski definition) is 2. The first-order chi connectivity index (χ1) is 5.95. The molecule has 0 bridgehead atoms. The van der Waals surface area contributed by atoms with Crippen LogP contribution < -0.4 is 11.5 Å². The molecule has 0 heterocycles. The van der Waals surface area contributed by atoms with Gasteiger partial charge in [-0.1, -0.05) is 6.07 Å². The molecule has 2 nitrogen and oxygen atoms in total. The van der Waals surface area contributed by atoms with Crippen molar-refractivity contribution in [1.82, 2.24) is 0 Å². The van der Waals surface area contributed by atoms with Gasteiger partial charge in [-0.15, -0.1) is 0 Å². The maximum absolute atomic E-state index is 5.73. The van der Waals surface area contributed by atoms with Gasteiger partial charge in [0, 0.05) is 0 Å². The van der Waals surface area contributed by atoms with Crippen LogP contribution in [-0.4, -0.2) is 0 Å². The van der Waals surface area contributed by atoms with Gasteiger partial charge in [-0.05, 0) is 55.5 Å². The van der Waals surface area contributed by atoms with Crippen molar-refractivity contribution in [2.45, 2.75) is 33.9 Å². The second kappa shape index (κ2) is 3.48. The highest BCUT2D eigenvalue weighted by molar-refractivity contribution is 5.45. The predicted octanol–water partition coefficient (Wildman–Crippen LogP) is 1.84. The van der Waals surface area contributed by atoms with Crippen LogP contribution in [0.5, 0.6) is 0 Å². The molecule has 0 unspecified atom stereocenters. The average Bonchev–Trinajstić information content (AvgIpc) is 2.01. The Morgan fingerprint density at radius 1 is 0.923 bits per heavy atom. The number of hydrogen-bond acceptors (Lipinski definition) is 2. The molecule has 2 heteroatoms. The van der Waals surface area contributed by atoms with E-state index in [2.05, 4.69) is 33.8 Å². The van der Waals surface area contributed by atoms with Gasteiger partial charge in [-0.3, -0.25) is 0 Å². The Balaban J connectivity index is 3.46. The van der Waals surface area contributed by atoms with E-state index in [1.54, 1.807) is 0 Å². The van der Waals surface area contributed by atoms with Crippen molar-refractivity contribution >= 4 is 0 Å². The molecular formula is C11H18N2. The lowest BCUT2D eigenvalue weighted by atomic mass is 9.93. The van der Waals surface area contributed by atoms with Crippen molar-refractivity contribution in [1.29, 1.82) is 0 Å². The van der Waals surface area contributed by atoms with Gasteiger partial charge in [0.1, 0.15) is 0 Å². The SMILES string of the molecule is Cc1cc(C)c(C)c(C(N)N)c1C. The molecule has 1 aromatic rings. The molecule has 0 radical (unpaired) electrons. The van der Waals surface area contributed by atoms with E-state index in [9.17, 15) is 0 Å². The molecule has 0 spiro atoms. The van der Waals surface area contributed by atoms with Crippen LogP contribution in [-0.2, 0) is 0 Å². The maximum Gasteiger partial charge on any atom is 0.0790 e. The van der Waals surface area contributed by atoms with Crippen LogP contribution in [0.15, 0.2) is 6.07 Å². The lowest BCUT2D eigenvalue weighted by Crippen LogP contribution is -2.23. The van der Waals surface area contributed by atoms with Crippen LogP contribution in [0.4, 0.5) is 0 Å². The zero-order valence-corrected chi connectivity index (χ0v) is 8.81. The molecule has 4 N–H and O–H groups in total. The van der Waals surface area contributed by atoms with Crippen molar-refractivity contribution < 1.29 is 0 Å². The van der Waals surface area contributed by atoms with Crippen molar-refractivity contribution in [3.8, 4) is 0 Å². The smallest absolute Gasteiger partial charge is 0.0790 e. The van der Waals surface area contributed by atoms with Gasteiger partial charge < -0.3 is 11.5 Å². The topological polar surface area (TPSA) is 52.0 Å². The van der Waals surface area contributed by atoms with E-state index in [1.165, 1.54) is 22.3 Å². The first-order valence-corrected chi connectivity index (χ1v) is 4.53. The normalized spacial score (nSPS) is 11.0. The Morgan fingerprint density at radius 2 is 1.31 bits per heavy atom. The van der Waals surface area contributed by atoms with Crippen LogP contribution in [0, 0.1) is 27.7 Å². The summed E-state index contributed by atoms with van der Waals surface area (Å²) in [4.78, 5) is 0. The molecule has 1 rings (SSSR count). The number of rotatable bonds is 1. The zero-order chi connectivity index (χ0) is 10.2. The third kappa shape index (κ3) is 1.74. The third-order valence-corrected chi connectivity index (χ3v) is 2.76. The van der Waals surface area contributed by atoms with Crippen molar-refractivity contribution in [2.75, 3.05) is 0 Å². The molecule has 0 aliphatic rings. The number of aryl methyl sites for hydroxylation is 2. The molecule has 0 aliphatic carbocycles. The van der Waals surface area contributed by atoms with Crippen molar-refractivity contribution in [3.63, 3.8) is 0 Å². The van der Waals surface area contributed by atoms with Gasteiger partial charge in [-0.2, -0.15) is 0 Å². The van der Waals surface area contributed by atoms with Crippen LogP contribution in [0.3, 0.4) is 0 Å². The summed E-state index contributed by atoms with van der Waals surface area (Å²) in [7, 11) is 0. The standard InChI is InChI=1S/C11H18N2/c1-6-5-7(2)9(4)10(8(6)3)11(12)13/h5,11H,12-13H2,1-4H3. The van der Waals surface area contributed by atoms with Crippen molar-refractivity contribution in [3.05, 3.63) is 33.9 Å². The van der Waals surface area contributed by atoms with E-state index in [4.69, 9.17) is 11.5 Å². The molecule has 0 aliphatic heterocycles. The Labute approximate surface area is 79.9 Å². The average molecular weight is 178 g/mol. The summed E-state index contributed by atoms with van der Waals surface area (Å²) >= 11 is 0. The van der Waals surface area contributed by atoms with E-state index in [0.717, 1.165) is 5.56 Å². The number of nitrogens with two attached hydrogens (primary N) is 2. The third-order valence-electron chi connectivity index (χ3n) is 2.76. The van der Waals surface area contributed by atoms with Gasteiger partial charge in [0.2, 0.25) is 0 Å². The Bertz CT molecular complexity index is 301. The first kappa shape index (κ1) is 10.2. The summed E-state index contributed by atoms with van der Waals surface area (Å²) in [5, 5.41) is 0. The Hall–Kier alpha value is -0.860. The monoisotopic (exact) mass is 178 g/mol. The molecule has 0 fully saturated rings. The summed E-state index contributed by atoms with van der Waals surface area (Å²) in [5.41, 5.74) is 17.5. The largest absolute Gasteiger partial charge is 0.312 e. The summed E-state index contributed by atoms with van der Waals surface area (Å²) in [5.74, 6) is 0. The van der Waals surface area contributed by atoms with E-state index in [0.29, 0.717) is 0 Å². The Morgan fingerprint density at radius 3 is 1.62 bits per heavy atom. The first-order valence-electron chi connectivity index (χ1n) is 4.53. The highest BCUT2D eigenvalue weighted by Crippen LogP contribution is 2.23. The second-order valence-electron chi connectivity index (χ2n) is 3.70. The maximum atomic E-state index is 5.73. The van der Waals surface area contributed by atoms with E-state index in [-0.39, 0.29) is 6.17 Å². The molecule has 72 valence electrons. The highest BCUT2D eigenvalue weighted by Gasteiger charge is 2.11. The summed E-state index contributed by atoms with van der Waals surface area (Å²) in [6, 6.07) is 2.18. The summed E-state index contributed by atoms with van der Waals surface area (Å²) in [6.07, 6.45) is -0.362. The molecule has 1 aromatic carbocycles. The van der Waals surface area contributed by atoms with Crippen LogP contribution in [0.2, 0.25) is 0 Å². The molecule has 0 saturated carbocycles. The van der Waals surface area contributed by atoms with E-state index >= 15 is 0 Å². The van der Waals surface area contributed by atoms with Gasteiger partial charge >= 0.3 is 0 Å². The molecular weight excluding hydrogens is 160 g/mol. The summed E-state index contributed by atoms with van der Waals surface area (Å²) < 4.78 is 0. The van der Waals surface area contributed by atoms with Gasteiger partial charge in [0.25, 0.3) is 0 Å². The lowest BCUT2D eigenvalue weighted by Gasteiger charge is -2.17. The van der Waals surface area contributed by atoms with Gasteiger partial charge in [0.05, 0.1) is 6.17 Å². The minimum Gasteiger partial charge on any atom is -0.312 e. The fraction of sp³-hybridized carbons (Fsp3) is 0.455. The summed E-state index contributed by atoms with van der Waals surface area (Å²) in [6.45, 7) is 8.33. The minimum absolute atomic E-state index is 0.362. The molecule has 0 saturated heterocycles. The van der Waals surface area contributed by atoms with E-state index < -0.39 is 0 Å². The predicted molar refractivity (Wildman–Crippen MR) is 56.5 cm³/mol. The van der Waals surface area contributed by atoms with Crippen LogP contribution in [0.1, 0.15) is 34.0 Å². The van der Waals surface area contributed by atoms with Crippen LogP contribution in [0.25, 0.3) is 0 Å². The molecule has 0 atom stereocenters. The molecule has 13 heavy (non-hydrogen) atoms. The van der Waals surface area contributed by atoms with Gasteiger partial charge in [0.15, 0.2) is 0 Å². The quantitative estimate of drug-likeness (QED) is 0.645.